The standard InChI is InChI=1S/C22H26ClNO5/c1-26-20-12-15-8-9-24(10-11-29-17-6-4-16(23)5-7-17)19(14-22(25)28-3)18(15)13-21(20)27-2/h4-7,12-13,19H,8-11,14H2,1-3H3/t19-/m1/s1. The molecule has 1 aliphatic rings. The van der Waals surface area contributed by atoms with Crippen LogP contribution in [0.1, 0.15) is 23.6 Å². The predicted molar refractivity (Wildman–Crippen MR) is 111 cm³/mol. The number of hydrogen-bond donors (Lipinski definition) is 0. The van der Waals surface area contributed by atoms with E-state index in [9.17, 15) is 4.79 Å². The van der Waals surface area contributed by atoms with Crippen molar-refractivity contribution in [1.29, 1.82) is 0 Å². The first kappa shape index (κ1) is 21.3. The molecule has 0 spiro atoms. The summed E-state index contributed by atoms with van der Waals surface area (Å²) in [5.41, 5.74) is 2.22. The number of halogens is 1. The van der Waals surface area contributed by atoms with Gasteiger partial charge < -0.3 is 18.9 Å². The van der Waals surface area contributed by atoms with Crippen LogP contribution in [0.4, 0.5) is 0 Å². The van der Waals surface area contributed by atoms with E-state index < -0.39 is 0 Å². The second-order valence-electron chi connectivity index (χ2n) is 6.79. The third kappa shape index (κ3) is 5.14. The van der Waals surface area contributed by atoms with Gasteiger partial charge in [-0.2, -0.15) is 0 Å². The number of benzene rings is 2. The molecule has 7 heteroatoms. The van der Waals surface area contributed by atoms with Crippen LogP contribution in [0.3, 0.4) is 0 Å². The van der Waals surface area contributed by atoms with Crippen molar-refractivity contribution in [3.8, 4) is 17.2 Å². The number of carbonyl (C=O) groups excluding carboxylic acids is 1. The average molecular weight is 420 g/mol. The van der Waals surface area contributed by atoms with Crippen LogP contribution in [-0.4, -0.2) is 51.9 Å². The van der Waals surface area contributed by atoms with Gasteiger partial charge in [-0.25, -0.2) is 0 Å². The highest BCUT2D eigenvalue weighted by atomic mass is 35.5. The summed E-state index contributed by atoms with van der Waals surface area (Å²) < 4.78 is 21.7. The Morgan fingerprint density at radius 3 is 2.45 bits per heavy atom. The Balaban J connectivity index is 1.77. The van der Waals surface area contributed by atoms with Gasteiger partial charge in [-0.3, -0.25) is 9.69 Å². The lowest BCUT2D eigenvalue weighted by molar-refractivity contribution is -0.142. The molecule has 3 rings (SSSR count). The highest BCUT2D eigenvalue weighted by Gasteiger charge is 2.31. The summed E-state index contributed by atoms with van der Waals surface area (Å²) in [4.78, 5) is 14.3. The zero-order chi connectivity index (χ0) is 20.8. The van der Waals surface area contributed by atoms with E-state index in [0.717, 1.165) is 29.8 Å². The van der Waals surface area contributed by atoms with Crippen molar-refractivity contribution < 1.29 is 23.7 Å². The molecule has 156 valence electrons. The van der Waals surface area contributed by atoms with Gasteiger partial charge in [0.05, 0.1) is 27.8 Å². The highest BCUT2D eigenvalue weighted by Crippen LogP contribution is 2.39. The highest BCUT2D eigenvalue weighted by molar-refractivity contribution is 6.30. The van der Waals surface area contributed by atoms with Crippen LogP contribution in [0, 0.1) is 0 Å². The number of rotatable bonds is 8. The Labute approximate surface area is 176 Å². The lowest BCUT2D eigenvalue weighted by Gasteiger charge is -2.37. The van der Waals surface area contributed by atoms with Crippen molar-refractivity contribution in [2.45, 2.75) is 18.9 Å². The molecule has 0 radical (unpaired) electrons. The van der Waals surface area contributed by atoms with Crippen LogP contribution < -0.4 is 14.2 Å². The SMILES string of the molecule is COC(=O)C[C@@H]1c2cc(OC)c(OC)cc2CCN1CCOc1ccc(Cl)cc1. The van der Waals surface area contributed by atoms with Crippen molar-refractivity contribution in [2.75, 3.05) is 41.0 Å². The lowest BCUT2D eigenvalue weighted by atomic mass is 9.90. The minimum absolute atomic E-state index is 0.111. The molecule has 0 saturated carbocycles. The molecule has 0 bridgehead atoms. The van der Waals surface area contributed by atoms with Crippen LogP contribution in [0.2, 0.25) is 5.02 Å². The fourth-order valence-corrected chi connectivity index (χ4v) is 3.77. The smallest absolute Gasteiger partial charge is 0.307 e. The maximum Gasteiger partial charge on any atom is 0.307 e. The van der Waals surface area contributed by atoms with Crippen LogP contribution in [0.5, 0.6) is 17.2 Å². The number of methoxy groups -OCH3 is 3. The summed E-state index contributed by atoms with van der Waals surface area (Å²) >= 11 is 5.92. The second kappa shape index (κ2) is 9.85. The minimum atomic E-state index is -0.249. The van der Waals surface area contributed by atoms with E-state index in [4.69, 9.17) is 30.5 Å². The third-order valence-electron chi connectivity index (χ3n) is 5.16. The first-order valence-electron chi connectivity index (χ1n) is 9.49. The summed E-state index contributed by atoms with van der Waals surface area (Å²) in [7, 11) is 4.65. The number of nitrogens with zero attached hydrogens (tertiary/aromatic N) is 1. The van der Waals surface area contributed by atoms with Crippen molar-refractivity contribution >= 4 is 17.6 Å². The normalized spacial score (nSPS) is 16.1. The summed E-state index contributed by atoms with van der Waals surface area (Å²) in [6.07, 6.45) is 1.12. The summed E-state index contributed by atoms with van der Waals surface area (Å²) in [5, 5.41) is 0.674. The molecule has 1 atom stereocenters. The van der Waals surface area contributed by atoms with Crippen LogP contribution in [0.25, 0.3) is 0 Å². The molecule has 0 aromatic heterocycles. The molecule has 1 aliphatic heterocycles. The first-order chi connectivity index (χ1) is 14.0. The maximum atomic E-state index is 12.1. The molecular weight excluding hydrogens is 394 g/mol. The van der Waals surface area contributed by atoms with Gasteiger partial charge in [0.25, 0.3) is 0 Å². The molecule has 0 amide bonds. The van der Waals surface area contributed by atoms with Crippen LogP contribution in [0.15, 0.2) is 36.4 Å². The molecule has 1 heterocycles. The van der Waals surface area contributed by atoms with Gasteiger partial charge in [0, 0.05) is 24.2 Å². The summed E-state index contributed by atoms with van der Waals surface area (Å²) in [6.45, 7) is 1.99. The first-order valence-corrected chi connectivity index (χ1v) is 9.87. The quantitative estimate of drug-likeness (QED) is 0.605. The fraction of sp³-hybridized carbons (Fsp3) is 0.409. The second-order valence-corrected chi connectivity index (χ2v) is 7.23. The van der Waals surface area contributed by atoms with Gasteiger partial charge in [-0.05, 0) is 53.9 Å². The number of hydrogen-bond acceptors (Lipinski definition) is 6. The average Bonchev–Trinajstić information content (AvgIpc) is 2.75. The number of carbonyl (C=O) groups is 1. The Kier molecular flexibility index (Phi) is 7.23. The van der Waals surface area contributed by atoms with E-state index in [0.29, 0.717) is 29.7 Å². The zero-order valence-electron chi connectivity index (χ0n) is 16.9. The van der Waals surface area contributed by atoms with E-state index in [1.54, 1.807) is 26.4 Å². The molecule has 29 heavy (non-hydrogen) atoms. The molecule has 0 aliphatic carbocycles. The van der Waals surface area contributed by atoms with Crippen molar-refractivity contribution in [3.63, 3.8) is 0 Å². The lowest BCUT2D eigenvalue weighted by Crippen LogP contribution is -2.39. The van der Waals surface area contributed by atoms with Crippen molar-refractivity contribution in [1.82, 2.24) is 4.90 Å². The van der Waals surface area contributed by atoms with E-state index in [1.807, 2.05) is 24.3 Å². The van der Waals surface area contributed by atoms with Crippen molar-refractivity contribution in [3.05, 3.63) is 52.5 Å². The van der Waals surface area contributed by atoms with Crippen molar-refractivity contribution in [2.24, 2.45) is 0 Å². The molecule has 0 N–H and O–H groups in total. The molecule has 0 saturated heterocycles. The Hall–Kier alpha value is -2.44. The van der Waals surface area contributed by atoms with Crippen LogP contribution >= 0.6 is 11.6 Å². The molecular formula is C22H26ClNO5. The number of esters is 1. The van der Waals surface area contributed by atoms with E-state index >= 15 is 0 Å². The topological polar surface area (TPSA) is 57.2 Å². The number of fused-ring (bicyclic) bond motifs is 1. The largest absolute Gasteiger partial charge is 0.493 e. The van der Waals surface area contributed by atoms with Gasteiger partial charge >= 0.3 is 5.97 Å². The zero-order valence-corrected chi connectivity index (χ0v) is 17.7. The van der Waals surface area contributed by atoms with Gasteiger partial charge in [0.2, 0.25) is 0 Å². The predicted octanol–water partition coefficient (Wildman–Crippen LogP) is 3.90. The maximum absolute atomic E-state index is 12.1. The number of ether oxygens (including phenoxy) is 4. The fourth-order valence-electron chi connectivity index (χ4n) is 3.64. The van der Waals surface area contributed by atoms with Gasteiger partial charge in [0.15, 0.2) is 11.5 Å². The Morgan fingerprint density at radius 1 is 1.10 bits per heavy atom. The minimum Gasteiger partial charge on any atom is -0.493 e. The van der Waals surface area contributed by atoms with E-state index in [-0.39, 0.29) is 18.4 Å². The van der Waals surface area contributed by atoms with E-state index in [2.05, 4.69) is 4.90 Å². The molecule has 0 unspecified atom stereocenters. The molecule has 2 aromatic rings. The molecule has 6 nitrogen and oxygen atoms in total. The summed E-state index contributed by atoms with van der Waals surface area (Å²) in [5.74, 6) is 1.87. The van der Waals surface area contributed by atoms with Crippen LogP contribution in [-0.2, 0) is 16.0 Å². The Bertz CT molecular complexity index is 840. The molecule has 0 fully saturated rings. The van der Waals surface area contributed by atoms with E-state index in [1.165, 1.54) is 7.11 Å². The van der Waals surface area contributed by atoms with Gasteiger partial charge in [-0.1, -0.05) is 11.6 Å². The summed E-state index contributed by atoms with van der Waals surface area (Å²) in [6, 6.07) is 11.1. The molecule has 2 aromatic carbocycles. The Morgan fingerprint density at radius 2 is 1.79 bits per heavy atom. The monoisotopic (exact) mass is 419 g/mol. The third-order valence-corrected chi connectivity index (χ3v) is 5.41. The van der Waals surface area contributed by atoms with Gasteiger partial charge in [0.1, 0.15) is 12.4 Å². The van der Waals surface area contributed by atoms with Gasteiger partial charge in [-0.15, -0.1) is 0 Å².